The smallest absolute Gasteiger partial charge is 0.125 e. The van der Waals surface area contributed by atoms with Gasteiger partial charge < -0.3 is 9.53 Å². The first kappa shape index (κ1) is 10.6. The number of aldehydes is 1. The molecular formula is C9H18O2. The standard InChI is InChI=1S/C9H18O2/c1-5-7(2)9(11-4)8(3)6-10/h6-9H,5H2,1-4H3. The molecule has 0 aromatic rings. The van der Waals surface area contributed by atoms with Gasteiger partial charge in [0, 0.05) is 13.0 Å². The number of hydrogen-bond acceptors (Lipinski definition) is 2. The lowest BCUT2D eigenvalue weighted by Gasteiger charge is -2.23. The van der Waals surface area contributed by atoms with E-state index in [4.69, 9.17) is 4.74 Å². The molecule has 11 heavy (non-hydrogen) atoms. The summed E-state index contributed by atoms with van der Waals surface area (Å²) in [6.07, 6.45) is 2.09. The van der Waals surface area contributed by atoms with Crippen molar-refractivity contribution in [3.05, 3.63) is 0 Å². The predicted molar refractivity (Wildman–Crippen MR) is 45.5 cm³/mol. The van der Waals surface area contributed by atoms with Gasteiger partial charge in [0.05, 0.1) is 6.10 Å². The van der Waals surface area contributed by atoms with Gasteiger partial charge in [0.2, 0.25) is 0 Å². The van der Waals surface area contributed by atoms with Gasteiger partial charge in [-0.05, 0) is 5.92 Å². The van der Waals surface area contributed by atoms with Crippen molar-refractivity contribution in [2.45, 2.75) is 33.3 Å². The molecule has 0 amide bonds. The topological polar surface area (TPSA) is 26.3 Å². The van der Waals surface area contributed by atoms with Crippen LogP contribution in [-0.2, 0) is 9.53 Å². The number of ether oxygens (including phenoxy) is 1. The Morgan fingerprint density at radius 1 is 1.45 bits per heavy atom. The maximum absolute atomic E-state index is 10.4. The van der Waals surface area contributed by atoms with E-state index in [-0.39, 0.29) is 12.0 Å². The minimum absolute atomic E-state index is 0.00921. The number of methoxy groups -OCH3 is 1. The zero-order valence-electron chi connectivity index (χ0n) is 7.83. The maximum Gasteiger partial charge on any atom is 0.125 e. The van der Waals surface area contributed by atoms with Crippen molar-refractivity contribution >= 4 is 6.29 Å². The Labute approximate surface area is 68.9 Å². The molecule has 0 saturated carbocycles. The Morgan fingerprint density at radius 2 is 2.00 bits per heavy atom. The van der Waals surface area contributed by atoms with Gasteiger partial charge in [0.25, 0.3) is 0 Å². The molecule has 0 aromatic heterocycles. The van der Waals surface area contributed by atoms with Gasteiger partial charge in [-0.25, -0.2) is 0 Å². The third-order valence-corrected chi connectivity index (χ3v) is 2.21. The summed E-state index contributed by atoms with van der Waals surface area (Å²) in [4.78, 5) is 10.4. The van der Waals surface area contributed by atoms with Crippen molar-refractivity contribution in [2.24, 2.45) is 11.8 Å². The third-order valence-electron chi connectivity index (χ3n) is 2.21. The van der Waals surface area contributed by atoms with Crippen LogP contribution < -0.4 is 0 Å². The van der Waals surface area contributed by atoms with Crippen LogP contribution in [0.15, 0.2) is 0 Å². The molecule has 0 radical (unpaired) electrons. The fourth-order valence-electron chi connectivity index (χ4n) is 1.27. The normalized spacial score (nSPS) is 18.9. The van der Waals surface area contributed by atoms with Crippen LogP contribution in [0.3, 0.4) is 0 Å². The quantitative estimate of drug-likeness (QED) is 0.571. The first-order valence-corrected chi connectivity index (χ1v) is 4.15. The molecule has 66 valence electrons. The summed E-state index contributed by atoms with van der Waals surface area (Å²) in [6, 6.07) is 0. The second-order valence-corrected chi connectivity index (χ2v) is 3.08. The zero-order chi connectivity index (χ0) is 8.85. The maximum atomic E-state index is 10.4. The van der Waals surface area contributed by atoms with Crippen molar-refractivity contribution in [1.82, 2.24) is 0 Å². The summed E-state index contributed by atoms with van der Waals surface area (Å²) in [7, 11) is 1.66. The highest BCUT2D eigenvalue weighted by atomic mass is 16.5. The van der Waals surface area contributed by atoms with Crippen molar-refractivity contribution in [1.29, 1.82) is 0 Å². The summed E-state index contributed by atoms with van der Waals surface area (Å²) in [6.45, 7) is 6.11. The molecule has 0 rings (SSSR count). The van der Waals surface area contributed by atoms with Crippen LogP contribution in [0, 0.1) is 11.8 Å². The number of carbonyl (C=O) groups excluding carboxylic acids is 1. The molecule has 2 nitrogen and oxygen atoms in total. The molecule has 0 aliphatic rings. The van der Waals surface area contributed by atoms with E-state index in [2.05, 4.69) is 13.8 Å². The van der Waals surface area contributed by atoms with E-state index in [0.29, 0.717) is 5.92 Å². The Bertz CT molecular complexity index is 112. The molecule has 0 N–H and O–H groups in total. The lowest BCUT2D eigenvalue weighted by atomic mass is 9.92. The van der Waals surface area contributed by atoms with Crippen LogP contribution in [0.2, 0.25) is 0 Å². The van der Waals surface area contributed by atoms with E-state index in [1.807, 2.05) is 6.92 Å². The molecule has 0 saturated heterocycles. The van der Waals surface area contributed by atoms with Gasteiger partial charge in [-0.3, -0.25) is 0 Å². The lowest BCUT2D eigenvalue weighted by molar-refractivity contribution is -0.115. The molecule has 0 spiro atoms. The molecular weight excluding hydrogens is 140 g/mol. The van der Waals surface area contributed by atoms with Crippen LogP contribution in [-0.4, -0.2) is 19.5 Å². The fourth-order valence-corrected chi connectivity index (χ4v) is 1.27. The zero-order valence-corrected chi connectivity index (χ0v) is 7.83. The van der Waals surface area contributed by atoms with E-state index in [0.717, 1.165) is 12.7 Å². The molecule has 2 heteroatoms. The highest BCUT2D eigenvalue weighted by molar-refractivity contribution is 5.53. The van der Waals surface area contributed by atoms with Crippen molar-refractivity contribution in [2.75, 3.05) is 7.11 Å². The van der Waals surface area contributed by atoms with Gasteiger partial charge in [-0.2, -0.15) is 0 Å². The monoisotopic (exact) mass is 158 g/mol. The highest BCUT2D eigenvalue weighted by Gasteiger charge is 2.21. The van der Waals surface area contributed by atoms with Crippen LogP contribution in [0.25, 0.3) is 0 Å². The van der Waals surface area contributed by atoms with Crippen LogP contribution in [0.4, 0.5) is 0 Å². The Balaban J connectivity index is 4.02. The number of hydrogen-bond donors (Lipinski definition) is 0. The lowest BCUT2D eigenvalue weighted by Crippen LogP contribution is -2.28. The second-order valence-electron chi connectivity index (χ2n) is 3.08. The largest absolute Gasteiger partial charge is 0.380 e. The minimum atomic E-state index is 0.00921. The van der Waals surface area contributed by atoms with Gasteiger partial charge in [-0.15, -0.1) is 0 Å². The summed E-state index contributed by atoms with van der Waals surface area (Å²) < 4.78 is 5.22. The third kappa shape index (κ3) is 3.02. The molecule has 0 fully saturated rings. The number of carbonyl (C=O) groups is 1. The van der Waals surface area contributed by atoms with E-state index in [9.17, 15) is 4.79 Å². The number of rotatable bonds is 5. The summed E-state index contributed by atoms with van der Waals surface area (Å²) in [5.41, 5.74) is 0. The van der Waals surface area contributed by atoms with Gasteiger partial charge in [0.1, 0.15) is 6.29 Å². The molecule has 3 atom stereocenters. The van der Waals surface area contributed by atoms with E-state index >= 15 is 0 Å². The molecule has 0 bridgehead atoms. The average Bonchev–Trinajstić information content (AvgIpc) is 2.05. The second kappa shape index (κ2) is 5.30. The van der Waals surface area contributed by atoms with Gasteiger partial charge in [-0.1, -0.05) is 27.2 Å². The van der Waals surface area contributed by atoms with Crippen LogP contribution >= 0.6 is 0 Å². The first-order valence-electron chi connectivity index (χ1n) is 4.15. The molecule has 0 aliphatic heterocycles. The fraction of sp³-hybridized carbons (Fsp3) is 0.889. The van der Waals surface area contributed by atoms with Crippen molar-refractivity contribution < 1.29 is 9.53 Å². The summed E-state index contributed by atoms with van der Waals surface area (Å²) >= 11 is 0. The Morgan fingerprint density at radius 3 is 2.27 bits per heavy atom. The first-order chi connectivity index (χ1) is 5.17. The molecule has 0 aliphatic carbocycles. The van der Waals surface area contributed by atoms with Gasteiger partial charge in [0.15, 0.2) is 0 Å². The van der Waals surface area contributed by atoms with Crippen LogP contribution in [0.5, 0.6) is 0 Å². The van der Waals surface area contributed by atoms with Crippen molar-refractivity contribution in [3.63, 3.8) is 0 Å². The summed E-state index contributed by atoms with van der Waals surface area (Å²) in [5, 5.41) is 0. The Hall–Kier alpha value is -0.370. The van der Waals surface area contributed by atoms with Crippen molar-refractivity contribution in [3.8, 4) is 0 Å². The van der Waals surface area contributed by atoms with Gasteiger partial charge >= 0.3 is 0 Å². The SMILES string of the molecule is CCC(C)C(OC)C(C)C=O. The molecule has 0 heterocycles. The van der Waals surface area contributed by atoms with E-state index < -0.39 is 0 Å². The van der Waals surface area contributed by atoms with Crippen LogP contribution in [0.1, 0.15) is 27.2 Å². The highest BCUT2D eigenvalue weighted by Crippen LogP contribution is 2.17. The molecule has 3 unspecified atom stereocenters. The van der Waals surface area contributed by atoms with E-state index in [1.165, 1.54) is 0 Å². The van der Waals surface area contributed by atoms with E-state index in [1.54, 1.807) is 7.11 Å². The predicted octanol–water partition coefficient (Wildman–Crippen LogP) is 1.88. The summed E-state index contributed by atoms with van der Waals surface area (Å²) in [5.74, 6) is 0.468. The Kier molecular flexibility index (Phi) is 5.12. The average molecular weight is 158 g/mol. The molecule has 0 aromatic carbocycles. The minimum Gasteiger partial charge on any atom is -0.380 e.